The summed E-state index contributed by atoms with van der Waals surface area (Å²) >= 11 is 0. The number of carbonyl (C=O) groups is 1. The second-order valence-corrected chi connectivity index (χ2v) is 5.10. The van der Waals surface area contributed by atoms with E-state index in [0.717, 1.165) is 6.54 Å². The molecular formula is C10H20N2O. The van der Waals surface area contributed by atoms with E-state index in [1.165, 1.54) is 0 Å². The molecule has 0 saturated carbocycles. The van der Waals surface area contributed by atoms with Crippen LogP contribution >= 0.6 is 0 Å². The van der Waals surface area contributed by atoms with Gasteiger partial charge in [0.2, 0.25) is 5.91 Å². The Hall–Kier alpha value is -0.570. The summed E-state index contributed by atoms with van der Waals surface area (Å²) < 4.78 is 0. The summed E-state index contributed by atoms with van der Waals surface area (Å²) in [4.78, 5) is 13.8. The Morgan fingerprint density at radius 1 is 1.46 bits per heavy atom. The molecule has 1 aliphatic rings. The first-order chi connectivity index (χ1) is 5.81. The molecule has 1 amide bonds. The molecule has 1 N–H and O–H groups in total. The van der Waals surface area contributed by atoms with Crippen molar-refractivity contribution in [3.8, 4) is 0 Å². The van der Waals surface area contributed by atoms with Gasteiger partial charge < -0.3 is 5.32 Å². The summed E-state index contributed by atoms with van der Waals surface area (Å²) in [5.41, 5.74) is -0.118. The maximum atomic E-state index is 11.7. The van der Waals surface area contributed by atoms with Crippen LogP contribution in [0.2, 0.25) is 0 Å². The highest BCUT2D eigenvalue weighted by Gasteiger charge is 2.39. The van der Waals surface area contributed by atoms with Crippen molar-refractivity contribution in [2.75, 3.05) is 13.6 Å². The first kappa shape index (κ1) is 10.5. The predicted octanol–water partition coefficient (Wildman–Crippen LogP) is 0.851. The zero-order chi connectivity index (χ0) is 10.2. The van der Waals surface area contributed by atoms with Gasteiger partial charge in [-0.1, -0.05) is 6.92 Å². The Kier molecular flexibility index (Phi) is 2.66. The van der Waals surface area contributed by atoms with Gasteiger partial charge in [-0.05, 0) is 33.7 Å². The molecule has 0 radical (unpaired) electrons. The van der Waals surface area contributed by atoms with Crippen molar-refractivity contribution in [3.63, 3.8) is 0 Å². The SMILES string of the molecule is CC1CN(C)C1C(=O)NC(C)(C)C. The molecule has 0 spiro atoms. The van der Waals surface area contributed by atoms with Crippen molar-refractivity contribution in [1.29, 1.82) is 0 Å². The zero-order valence-corrected chi connectivity index (χ0v) is 9.22. The molecule has 0 aromatic heterocycles. The van der Waals surface area contributed by atoms with Crippen LogP contribution in [0.15, 0.2) is 0 Å². The molecule has 13 heavy (non-hydrogen) atoms. The summed E-state index contributed by atoms with van der Waals surface area (Å²) in [7, 11) is 1.99. The summed E-state index contributed by atoms with van der Waals surface area (Å²) in [5, 5.41) is 3.00. The fourth-order valence-corrected chi connectivity index (χ4v) is 1.87. The van der Waals surface area contributed by atoms with Crippen molar-refractivity contribution in [3.05, 3.63) is 0 Å². The predicted molar refractivity (Wildman–Crippen MR) is 53.5 cm³/mol. The molecular weight excluding hydrogens is 164 g/mol. The molecule has 2 unspecified atom stereocenters. The third kappa shape index (κ3) is 2.44. The van der Waals surface area contributed by atoms with Crippen LogP contribution in [0.3, 0.4) is 0 Å². The number of likely N-dealkylation sites (N-methyl/N-ethyl adjacent to an activating group) is 1. The van der Waals surface area contributed by atoms with Gasteiger partial charge in [0.25, 0.3) is 0 Å². The third-order valence-electron chi connectivity index (χ3n) is 2.36. The summed E-state index contributed by atoms with van der Waals surface area (Å²) in [6, 6.07) is 0.0826. The fraction of sp³-hybridized carbons (Fsp3) is 0.900. The van der Waals surface area contributed by atoms with Gasteiger partial charge in [-0.3, -0.25) is 9.69 Å². The topological polar surface area (TPSA) is 32.3 Å². The molecule has 0 aliphatic carbocycles. The number of hydrogen-bond acceptors (Lipinski definition) is 2. The molecule has 1 saturated heterocycles. The van der Waals surface area contributed by atoms with Crippen LogP contribution in [0.5, 0.6) is 0 Å². The summed E-state index contributed by atoms with van der Waals surface area (Å²) in [6.45, 7) is 9.17. The Morgan fingerprint density at radius 2 is 2.00 bits per heavy atom. The lowest BCUT2D eigenvalue weighted by Crippen LogP contribution is -2.62. The maximum Gasteiger partial charge on any atom is 0.238 e. The van der Waals surface area contributed by atoms with E-state index < -0.39 is 0 Å². The smallest absolute Gasteiger partial charge is 0.238 e. The van der Waals surface area contributed by atoms with Crippen molar-refractivity contribution in [2.45, 2.75) is 39.3 Å². The minimum Gasteiger partial charge on any atom is -0.350 e. The number of amides is 1. The standard InChI is InChI=1S/C10H20N2O/c1-7-6-12(5)8(7)9(13)11-10(2,3)4/h7-8H,6H2,1-5H3,(H,11,13). The Labute approximate surface area is 80.5 Å². The molecule has 76 valence electrons. The van der Waals surface area contributed by atoms with E-state index in [1.54, 1.807) is 0 Å². The minimum atomic E-state index is -0.118. The van der Waals surface area contributed by atoms with Crippen molar-refractivity contribution >= 4 is 5.91 Å². The Bertz CT molecular complexity index is 199. The number of nitrogens with zero attached hydrogens (tertiary/aromatic N) is 1. The van der Waals surface area contributed by atoms with E-state index in [1.807, 2.05) is 27.8 Å². The molecule has 0 bridgehead atoms. The van der Waals surface area contributed by atoms with Crippen molar-refractivity contribution < 1.29 is 4.79 Å². The number of carbonyl (C=O) groups excluding carboxylic acids is 1. The molecule has 0 aromatic carbocycles. The second-order valence-electron chi connectivity index (χ2n) is 5.10. The number of rotatable bonds is 1. The number of likely N-dealkylation sites (tertiary alicyclic amines) is 1. The number of hydrogen-bond donors (Lipinski definition) is 1. The van der Waals surface area contributed by atoms with Gasteiger partial charge in [-0.2, -0.15) is 0 Å². The first-order valence-electron chi connectivity index (χ1n) is 4.83. The summed E-state index contributed by atoms with van der Waals surface area (Å²) in [5.74, 6) is 0.654. The van der Waals surface area contributed by atoms with Gasteiger partial charge in [0.1, 0.15) is 0 Å². The lowest BCUT2D eigenvalue weighted by atomic mass is 9.90. The van der Waals surface area contributed by atoms with Crippen LogP contribution in [0.4, 0.5) is 0 Å². The van der Waals surface area contributed by atoms with Crippen LogP contribution in [-0.2, 0) is 4.79 Å². The average Bonchev–Trinajstić information content (AvgIpc) is 1.80. The van der Waals surface area contributed by atoms with Crippen molar-refractivity contribution in [1.82, 2.24) is 10.2 Å². The molecule has 3 nitrogen and oxygen atoms in total. The Balaban J connectivity index is 2.49. The van der Waals surface area contributed by atoms with Crippen LogP contribution in [0.1, 0.15) is 27.7 Å². The van der Waals surface area contributed by atoms with E-state index >= 15 is 0 Å². The molecule has 1 rings (SSSR count). The van der Waals surface area contributed by atoms with Crippen LogP contribution < -0.4 is 5.32 Å². The van der Waals surface area contributed by atoms with E-state index in [-0.39, 0.29) is 17.5 Å². The zero-order valence-electron chi connectivity index (χ0n) is 9.22. The molecule has 1 aliphatic heterocycles. The molecule has 2 atom stereocenters. The van der Waals surface area contributed by atoms with Crippen LogP contribution in [0.25, 0.3) is 0 Å². The van der Waals surface area contributed by atoms with E-state index in [9.17, 15) is 4.79 Å². The fourth-order valence-electron chi connectivity index (χ4n) is 1.87. The normalized spacial score (nSPS) is 29.6. The van der Waals surface area contributed by atoms with Crippen LogP contribution in [0, 0.1) is 5.92 Å². The molecule has 1 heterocycles. The minimum absolute atomic E-state index is 0.0826. The summed E-state index contributed by atoms with van der Waals surface area (Å²) in [6.07, 6.45) is 0. The second kappa shape index (κ2) is 3.29. The van der Waals surface area contributed by atoms with E-state index in [2.05, 4.69) is 17.1 Å². The van der Waals surface area contributed by atoms with Gasteiger partial charge in [0, 0.05) is 12.1 Å². The van der Waals surface area contributed by atoms with Gasteiger partial charge in [0.05, 0.1) is 6.04 Å². The highest BCUT2D eigenvalue weighted by atomic mass is 16.2. The Morgan fingerprint density at radius 3 is 2.31 bits per heavy atom. The molecule has 3 heteroatoms. The number of nitrogens with one attached hydrogen (secondary N) is 1. The average molecular weight is 184 g/mol. The largest absolute Gasteiger partial charge is 0.350 e. The van der Waals surface area contributed by atoms with E-state index in [4.69, 9.17) is 0 Å². The van der Waals surface area contributed by atoms with Crippen molar-refractivity contribution in [2.24, 2.45) is 5.92 Å². The van der Waals surface area contributed by atoms with Gasteiger partial charge in [0.15, 0.2) is 0 Å². The highest BCUT2D eigenvalue weighted by molar-refractivity contribution is 5.83. The monoisotopic (exact) mass is 184 g/mol. The van der Waals surface area contributed by atoms with Gasteiger partial charge in [-0.15, -0.1) is 0 Å². The van der Waals surface area contributed by atoms with Crippen LogP contribution in [-0.4, -0.2) is 36.0 Å². The molecule has 1 fully saturated rings. The highest BCUT2D eigenvalue weighted by Crippen LogP contribution is 2.22. The lowest BCUT2D eigenvalue weighted by molar-refractivity contribution is -0.134. The maximum absolute atomic E-state index is 11.7. The lowest BCUT2D eigenvalue weighted by Gasteiger charge is -2.44. The van der Waals surface area contributed by atoms with Gasteiger partial charge in [-0.25, -0.2) is 0 Å². The van der Waals surface area contributed by atoms with Gasteiger partial charge >= 0.3 is 0 Å². The van der Waals surface area contributed by atoms with E-state index in [0.29, 0.717) is 5.92 Å². The molecule has 0 aromatic rings. The third-order valence-corrected chi connectivity index (χ3v) is 2.36. The first-order valence-corrected chi connectivity index (χ1v) is 4.83. The quantitative estimate of drug-likeness (QED) is 0.655.